The van der Waals surface area contributed by atoms with E-state index in [4.69, 9.17) is 9.72 Å². The number of amides is 1. The number of hydrogen-bond donors (Lipinski definition) is 0. The maximum atomic E-state index is 12.3. The first-order chi connectivity index (χ1) is 11.2. The highest BCUT2D eigenvalue weighted by molar-refractivity contribution is 5.69. The highest BCUT2D eigenvalue weighted by atomic mass is 16.6. The molecule has 0 saturated heterocycles. The summed E-state index contributed by atoms with van der Waals surface area (Å²) in [4.78, 5) is 23.2. The Morgan fingerprint density at radius 3 is 2.46 bits per heavy atom. The minimum atomic E-state index is -0.501. The van der Waals surface area contributed by atoms with Crippen molar-refractivity contribution in [3.63, 3.8) is 0 Å². The van der Waals surface area contributed by atoms with Gasteiger partial charge in [-0.1, -0.05) is 0 Å². The van der Waals surface area contributed by atoms with Crippen molar-refractivity contribution >= 4 is 6.09 Å². The van der Waals surface area contributed by atoms with E-state index in [0.717, 1.165) is 29.6 Å². The van der Waals surface area contributed by atoms with Crippen molar-refractivity contribution in [2.75, 3.05) is 0 Å². The van der Waals surface area contributed by atoms with Crippen LogP contribution in [0.5, 0.6) is 0 Å². The summed E-state index contributed by atoms with van der Waals surface area (Å²) in [7, 11) is 1.86. The highest BCUT2D eigenvalue weighted by Gasteiger charge is 2.33. The molecular weight excluding hydrogens is 308 g/mol. The Labute approximate surface area is 141 Å². The van der Waals surface area contributed by atoms with E-state index in [2.05, 4.69) is 21.6 Å². The average Bonchev–Trinajstić information content (AvgIpc) is 3.08. The summed E-state index contributed by atoms with van der Waals surface area (Å²) in [5.74, 6) is 2.26. The lowest BCUT2D eigenvalue weighted by Gasteiger charge is -2.24. The standard InChI is InChI=1S/C16H24N6O2/c1-7-22-12-9-21(15(23)24-16(3,4)5)8-11(12)18-14(22)13-17-10(2)19-20(13)6/h7-9H2,1-6H3. The quantitative estimate of drug-likeness (QED) is 0.843. The molecular formula is C16H24N6O2. The summed E-state index contributed by atoms with van der Waals surface area (Å²) in [5.41, 5.74) is 1.44. The molecule has 1 aliphatic heterocycles. The van der Waals surface area contributed by atoms with Gasteiger partial charge in [0.1, 0.15) is 11.4 Å². The van der Waals surface area contributed by atoms with E-state index < -0.39 is 5.60 Å². The lowest BCUT2D eigenvalue weighted by molar-refractivity contribution is 0.0237. The Morgan fingerprint density at radius 1 is 1.21 bits per heavy atom. The monoisotopic (exact) mass is 332 g/mol. The van der Waals surface area contributed by atoms with Gasteiger partial charge in [-0.05, 0) is 34.6 Å². The molecule has 0 spiro atoms. The Bertz CT molecular complexity index is 783. The molecule has 3 heterocycles. The summed E-state index contributed by atoms with van der Waals surface area (Å²) in [6.45, 7) is 11.2. The van der Waals surface area contributed by atoms with Crippen molar-refractivity contribution in [2.24, 2.45) is 7.05 Å². The number of nitrogens with zero attached hydrogens (tertiary/aromatic N) is 6. The lowest BCUT2D eigenvalue weighted by Crippen LogP contribution is -2.33. The third-order valence-electron chi connectivity index (χ3n) is 3.87. The molecule has 0 aromatic carbocycles. The molecule has 0 atom stereocenters. The molecule has 0 N–H and O–H groups in total. The van der Waals surface area contributed by atoms with Crippen LogP contribution in [0.25, 0.3) is 11.6 Å². The third kappa shape index (κ3) is 2.88. The number of carbonyl (C=O) groups excluding carboxylic acids is 1. The second-order valence-electron chi connectivity index (χ2n) is 7.02. The van der Waals surface area contributed by atoms with Crippen LogP contribution in [0.3, 0.4) is 0 Å². The number of aromatic nitrogens is 5. The van der Waals surface area contributed by atoms with Gasteiger partial charge in [0.2, 0.25) is 0 Å². The van der Waals surface area contributed by atoms with Gasteiger partial charge in [0, 0.05) is 13.6 Å². The number of aryl methyl sites for hydroxylation is 2. The van der Waals surface area contributed by atoms with Crippen molar-refractivity contribution in [3.8, 4) is 11.6 Å². The van der Waals surface area contributed by atoms with Crippen molar-refractivity contribution in [1.82, 2.24) is 29.2 Å². The SMILES string of the molecule is CCn1c(-c2nc(C)nn2C)nc2c1CN(C(=O)OC(C)(C)C)C2. The Hall–Kier alpha value is -2.38. The maximum Gasteiger partial charge on any atom is 0.410 e. The summed E-state index contributed by atoms with van der Waals surface area (Å²) >= 11 is 0. The van der Waals surface area contributed by atoms with Gasteiger partial charge in [0.15, 0.2) is 11.6 Å². The van der Waals surface area contributed by atoms with Crippen LogP contribution < -0.4 is 0 Å². The second kappa shape index (κ2) is 5.61. The molecule has 3 rings (SSSR count). The number of hydrogen-bond acceptors (Lipinski definition) is 5. The molecule has 0 radical (unpaired) electrons. The molecule has 0 unspecified atom stereocenters. The average molecular weight is 332 g/mol. The van der Waals surface area contributed by atoms with Gasteiger partial charge in [-0.2, -0.15) is 5.10 Å². The predicted molar refractivity (Wildman–Crippen MR) is 88.1 cm³/mol. The summed E-state index contributed by atoms with van der Waals surface area (Å²) < 4.78 is 9.30. The zero-order chi connectivity index (χ0) is 17.6. The van der Waals surface area contributed by atoms with E-state index in [-0.39, 0.29) is 6.09 Å². The fourth-order valence-corrected chi connectivity index (χ4v) is 2.93. The van der Waals surface area contributed by atoms with Crippen LogP contribution >= 0.6 is 0 Å². The first kappa shape index (κ1) is 16.5. The van der Waals surface area contributed by atoms with Gasteiger partial charge in [-0.15, -0.1) is 0 Å². The van der Waals surface area contributed by atoms with Crippen molar-refractivity contribution in [1.29, 1.82) is 0 Å². The smallest absolute Gasteiger partial charge is 0.410 e. The summed E-state index contributed by atoms with van der Waals surface area (Å²) in [5, 5.41) is 4.30. The van der Waals surface area contributed by atoms with Crippen LogP contribution in [-0.2, 0) is 31.4 Å². The number of carbonyl (C=O) groups is 1. The zero-order valence-corrected chi connectivity index (χ0v) is 15.1. The molecule has 1 amide bonds. The van der Waals surface area contributed by atoms with E-state index >= 15 is 0 Å². The van der Waals surface area contributed by atoms with Crippen LogP contribution in [0.1, 0.15) is 44.9 Å². The highest BCUT2D eigenvalue weighted by Crippen LogP contribution is 2.29. The van der Waals surface area contributed by atoms with Gasteiger partial charge in [-0.3, -0.25) is 4.90 Å². The Morgan fingerprint density at radius 2 is 1.92 bits per heavy atom. The van der Waals surface area contributed by atoms with Crippen LogP contribution in [0.15, 0.2) is 0 Å². The second-order valence-corrected chi connectivity index (χ2v) is 7.02. The number of fused-ring (bicyclic) bond motifs is 1. The van der Waals surface area contributed by atoms with Crippen molar-refractivity contribution < 1.29 is 9.53 Å². The molecule has 1 aliphatic rings. The summed E-state index contributed by atoms with van der Waals surface area (Å²) in [6, 6.07) is 0. The predicted octanol–water partition coefficient (Wildman–Crippen LogP) is 2.26. The van der Waals surface area contributed by atoms with Crippen LogP contribution in [0, 0.1) is 6.92 Å². The van der Waals surface area contributed by atoms with E-state index in [0.29, 0.717) is 18.9 Å². The van der Waals surface area contributed by atoms with E-state index in [1.807, 2.05) is 34.7 Å². The van der Waals surface area contributed by atoms with E-state index in [1.165, 1.54) is 0 Å². The van der Waals surface area contributed by atoms with Crippen LogP contribution in [-0.4, -0.2) is 40.9 Å². The maximum absolute atomic E-state index is 12.3. The first-order valence-corrected chi connectivity index (χ1v) is 8.13. The van der Waals surface area contributed by atoms with Gasteiger partial charge >= 0.3 is 6.09 Å². The molecule has 130 valence electrons. The first-order valence-electron chi connectivity index (χ1n) is 8.13. The zero-order valence-electron chi connectivity index (χ0n) is 15.1. The minimum absolute atomic E-state index is 0.306. The van der Waals surface area contributed by atoms with Crippen molar-refractivity contribution in [2.45, 2.75) is 59.9 Å². The fourth-order valence-electron chi connectivity index (χ4n) is 2.93. The molecule has 0 fully saturated rings. The van der Waals surface area contributed by atoms with Crippen molar-refractivity contribution in [3.05, 3.63) is 17.2 Å². The van der Waals surface area contributed by atoms with E-state index in [9.17, 15) is 4.79 Å². The topological polar surface area (TPSA) is 78.1 Å². The molecule has 8 heteroatoms. The van der Waals surface area contributed by atoms with Gasteiger partial charge in [-0.25, -0.2) is 19.4 Å². The van der Waals surface area contributed by atoms with Gasteiger partial charge in [0.25, 0.3) is 0 Å². The number of rotatable bonds is 2. The Balaban J connectivity index is 1.88. The lowest BCUT2D eigenvalue weighted by atomic mass is 10.2. The molecule has 2 aromatic heterocycles. The molecule has 0 saturated carbocycles. The normalized spacial score (nSPS) is 14.2. The van der Waals surface area contributed by atoms with E-state index in [1.54, 1.807) is 9.58 Å². The largest absolute Gasteiger partial charge is 0.444 e. The number of ether oxygens (including phenoxy) is 1. The third-order valence-corrected chi connectivity index (χ3v) is 3.87. The molecule has 8 nitrogen and oxygen atoms in total. The van der Waals surface area contributed by atoms with Gasteiger partial charge in [0.05, 0.1) is 24.5 Å². The van der Waals surface area contributed by atoms with Gasteiger partial charge < -0.3 is 9.30 Å². The summed E-state index contributed by atoms with van der Waals surface area (Å²) in [6.07, 6.45) is -0.306. The molecule has 0 bridgehead atoms. The fraction of sp³-hybridized carbons (Fsp3) is 0.625. The number of imidazole rings is 1. The minimum Gasteiger partial charge on any atom is -0.444 e. The molecule has 2 aromatic rings. The van der Waals surface area contributed by atoms with Crippen LogP contribution in [0.4, 0.5) is 4.79 Å². The molecule has 24 heavy (non-hydrogen) atoms. The van der Waals surface area contributed by atoms with Crippen LogP contribution in [0.2, 0.25) is 0 Å². The molecule has 0 aliphatic carbocycles. The Kier molecular flexibility index (Phi) is 3.85.